The number of hydrogen-bond acceptors (Lipinski definition) is 4. The number of aromatic nitrogens is 3. The normalized spacial score (nSPS) is 10.7. The highest BCUT2D eigenvalue weighted by Gasteiger charge is 2.09. The number of aromatic amines is 1. The molecule has 6 nitrogen and oxygen atoms in total. The van der Waals surface area contributed by atoms with Crippen LogP contribution in [0.4, 0.5) is 0 Å². The van der Waals surface area contributed by atoms with E-state index in [4.69, 9.17) is 0 Å². The van der Waals surface area contributed by atoms with Gasteiger partial charge in [-0.05, 0) is 18.2 Å². The average molecular weight is 291 g/mol. The van der Waals surface area contributed by atoms with Crippen LogP contribution in [0.15, 0.2) is 65.9 Å². The molecule has 2 heterocycles. The lowest BCUT2D eigenvalue weighted by Crippen LogP contribution is -2.18. The summed E-state index contributed by atoms with van der Waals surface area (Å²) in [4.78, 5) is 16.0. The summed E-state index contributed by atoms with van der Waals surface area (Å²) in [5.41, 5.74) is 5.09. The van der Waals surface area contributed by atoms with E-state index in [1.807, 2.05) is 42.5 Å². The van der Waals surface area contributed by atoms with Crippen molar-refractivity contribution in [2.24, 2.45) is 5.10 Å². The van der Waals surface area contributed by atoms with Crippen LogP contribution < -0.4 is 5.43 Å². The van der Waals surface area contributed by atoms with Crippen LogP contribution in [0.25, 0.3) is 11.3 Å². The molecule has 3 rings (SSSR count). The topological polar surface area (TPSA) is 83.0 Å². The van der Waals surface area contributed by atoms with E-state index in [2.05, 4.69) is 25.7 Å². The number of nitrogens with zero attached hydrogens (tertiary/aromatic N) is 3. The van der Waals surface area contributed by atoms with Crippen molar-refractivity contribution in [3.05, 3.63) is 72.2 Å². The van der Waals surface area contributed by atoms with E-state index < -0.39 is 0 Å². The predicted molar refractivity (Wildman–Crippen MR) is 83.3 cm³/mol. The summed E-state index contributed by atoms with van der Waals surface area (Å²) in [5, 5.41) is 10.7. The van der Waals surface area contributed by atoms with Gasteiger partial charge in [-0.15, -0.1) is 0 Å². The van der Waals surface area contributed by atoms with Crippen molar-refractivity contribution in [1.82, 2.24) is 20.6 Å². The van der Waals surface area contributed by atoms with Crippen LogP contribution in [0, 0.1) is 0 Å². The van der Waals surface area contributed by atoms with E-state index in [0.29, 0.717) is 17.1 Å². The molecule has 0 spiro atoms. The zero-order valence-corrected chi connectivity index (χ0v) is 11.6. The average Bonchev–Trinajstić information content (AvgIpc) is 3.07. The maximum atomic E-state index is 12.0. The highest BCUT2D eigenvalue weighted by molar-refractivity contribution is 5.93. The van der Waals surface area contributed by atoms with E-state index in [1.165, 1.54) is 6.21 Å². The quantitative estimate of drug-likeness (QED) is 0.571. The Bertz CT molecular complexity index is 781. The van der Waals surface area contributed by atoms with Gasteiger partial charge in [-0.1, -0.05) is 36.4 Å². The van der Waals surface area contributed by atoms with Gasteiger partial charge in [0.15, 0.2) is 0 Å². The largest absolute Gasteiger partial charge is 0.289 e. The highest BCUT2D eigenvalue weighted by atomic mass is 16.2. The summed E-state index contributed by atoms with van der Waals surface area (Å²) in [6, 6.07) is 16.7. The van der Waals surface area contributed by atoms with Crippen LogP contribution in [0.5, 0.6) is 0 Å². The Labute approximate surface area is 126 Å². The van der Waals surface area contributed by atoms with Gasteiger partial charge in [-0.3, -0.25) is 14.9 Å². The Morgan fingerprint density at radius 1 is 1.14 bits per heavy atom. The molecule has 0 atom stereocenters. The number of benzene rings is 1. The maximum absolute atomic E-state index is 12.0. The van der Waals surface area contributed by atoms with Gasteiger partial charge in [0.05, 0.1) is 17.6 Å². The molecule has 0 aliphatic rings. The van der Waals surface area contributed by atoms with Crippen LogP contribution in [-0.4, -0.2) is 27.3 Å². The third kappa shape index (κ3) is 3.24. The van der Waals surface area contributed by atoms with Gasteiger partial charge >= 0.3 is 0 Å². The fourth-order valence-corrected chi connectivity index (χ4v) is 1.86. The number of pyridine rings is 1. The van der Waals surface area contributed by atoms with E-state index >= 15 is 0 Å². The molecule has 6 heteroatoms. The monoisotopic (exact) mass is 291 g/mol. The molecule has 0 fully saturated rings. The molecule has 0 unspecified atom stereocenters. The summed E-state index contributed by atoms with van der Waals surface area (Å²) >= 11 is 0. The number of hydrogen-bond donors (Lipinski definition) is 2. The minimum absolute atomic E-state index is 0.344. The van der Waals surface area contributed by atoms with Crippen LogP contribution in [0.3, 0.4) is 0 Å². The van der Waals surface area contributed by atoms with Crippen LogP contribution in [-0.2, 0) is 0 Å². The van der Waals surface area contributed by atoms with Gasteiger partial charge < -0.3 is 0 Å². The molecule has 0 aliphatic heterocycles. The Hall–Kier alpha value is -3.28. The lowest BCUT2D eigenvalue weighted by molar-refractivity contribution is 0.0950. The second-order valence-corrected chi connectivity index (χ2v) is 4.49. The van der Waals surface area contributed by atoms with Crippen molar-refractivity contribution in [2.75, 3.05) is 0 Å². The Morgan fingerprint density at radius 2 is 1.95 bits per heavy atom. The summed E-state index contributed by atoms with van der Waals surface area (Å²) in [5.74, 6) is -0.359. The first-order valence-corrected chi connectivity index (χ1v) is 6.68. The van der Waals surface area contributed by atoms with Gasteiger partial charge in [0.25, 0.3) is 5.91 Å². The molecule has 0 radical (unpaired) electrons. The van der Waals surface area contributed by atoms with Crippen LogP contribution in [0.2, 0.25) is 0 Å². The first-order valence-electron chi connectivity index (χ1n) is 6.68. The second-order valence-electron chi connectivity index (χ2n) is 4.49. The minimum Gasteiger partial charge on any atom is -0.272 e. The third-order valence-electron chi connectivity index (χ3n) is 2.94. The first kappa shape index (κ1) is 13.7. The molecule has 0 aliphatic carbocycles. The molecule has 1 aromatic carbocycles. The van der Waals surface area contributed by atoms with E-state index in [1.54, 1.807) is 18.3 Å². The molecule has 108 valence electrons. The van der Waals surface area contributed by atoms with Gasteiger partial charge in [0, 0.05) is 11.8 Å². The number of amides is 1. The van der Waals surface area contributed by atoms with Gasteiger partial charge in [-0.25, -0.2) is 5.43 Å². The molecular weight excluding hydrogens is 278 g/mol. The van der Waals surface area contributed by atoms with Gasteiger partial charge in [0.1, 0.15) is 5.69 Å². The van der Waals surface area contributed by atoms with Gasteiger partial charge in [-0.2, -0.15) is 10.2 Å². The summed E-state index contributed by atoms with van der Waals surface area (Å²) in [6.45, 7) is 0. The first-order chi connectivity index (χ1) is 10.8. The van der Waals surface area contributed by atoms with Crippen molar-refractivity contribution in [1.29, 1.82) is 0 Å². The number of H-pyrrole nitrogens is 1. The molecule has 2 aromatic heterocycles. The molecule has 3 aromatic rings. The Kier molecular flexibility index (Phi) is 4.01. The number of nitrogens with one attached hydrogen (secondary N) is 2. The van der Waals surface area contributed by atoms with Crippen LogP contribution >= 0.6 is 0 Å². The summed E-state index contributed by atoms with van der Waals surface area (Å²) in [6.07, 6.45) is 3.14. The Balaban J connectivity index is 1.66. The van der Waals surface area contributed by atoms with E-state index in [-0.39, 0.29) is 5.91 Å². The fraction of sp³-hybridized carbons (Fsp3) is 0. The highest BCUT2D eigenvalue weighted by Crippen LogP contribution is 2.16. The lowest BCUT2D eigenvalue weighted by Gasteiger charge is -1.95. The zero-order valence-electron chi connectivity index (χ0n) is 11.6. The van der Waals surface area contributed by atoms with E-state index in [0.717, 1.165) is 5.56 Å². The predicted octanol–water partition coefficient (Wildman–Crippen LogP) is 2.24. The number of carbonyl (C=O) groups excluding carboxylic acids is 1. The van der Waals surface area contributed by atoms with Crippen molar-refractivity contribution in [2.45, 2.75) is 0 Å². The standard InChI is InChI=1S/C16H13N5O/c22-16(21-18-11-13-8-4-5-9-17-13)15-10-14(19-20-15)12-6-2-1-3-7-12/h1-11H,(H,19,20)(H,21,22)/b18-11-. The molecule has 0 saturated carbocycles. The molecule has 1 amide bonds. The Morgan fingerprint density at radius 3 is 2.73 bits per heavy atom. The summed E-state index contributed by atoms with van der Waals surface area (Å²) < 4.78 is 0. The van der Waals surface area contributed by atoms with Crippen molar-refractivity contribution in [3.8, 4) is 11.3 Å². The second kappa shape index (κ2) is 6.45. The van der Waals surface area contributed by atoms with Gasteiger partial charge in [0.2, 0.25) is 0 Å². The summed E-state index contributed by atoms with van der Waals surface area (Å²) in [7, 11) is 0. The van der Waals surface area contributed by atoms with Crippen LogP contribution in [0.1, 0.15) is 16.2 Å². The van der Waals surface area contributed by atoms with E-state index in [9.17, 15) is 4.79 Å². The number of hydrazone groups is 1. The lowest BCUT2D eigenvalue weighted by atomic mass is 10.1. The number of rotatable bonds is 4. The minimum atomic E-state index is -0.359. The molecule has 2 N–H and O–H groups in total. The third-order valence-corrected chi connectivity index (χ3v) is 2.94. The van der Waals surface area contributed by atoms with Crippen molar-refractivity contribution < 1.29 is 4.79 Å². The fourth-order valence-electron chi connectivity index (χ4n) is 1.86. The molecule has 22 heavy (non-hydrogen) atoms. The smallest absolute Gasteiger partial charge is 0.272 e. The van der Waals surface area contributed by atoms with Crippen molar-refractivity contribution in [3.63, 3.8) is 0 Å². The maximum Gasteiger partial charge on any atom is 0.289 e. The zero-order chi connectivity index (χ0) is 15.2. The molecular formula is C16H13N5O. The molecule has 0 saturated heterocycles. The SMILES string of the molecule is O=C(N/N=C\c1ccccn1)c1cc(-c2ccccc2)n[nH]1. The van der Waals surface area contributed by atoms with Crippen molar-refractivity contribution >= 4 is 12.1 Å². The molecule has 0 bridgehead atoms. The number of carbonyl (C=O) groups is 1.